The van der Waals surface area contributed by atoms with Gasteiger partial charge in [-0.15, -0.1) is 0 Å². The van der Waals surface area contributed by atoms with Crippen LogP contribution in [0.5, 0.6) is 0 Å². The molecule has 116 valence electrons. The number of hydrogen-bond acceptors (Lipinski definition) is 3. The lowest BCUT2D eigenvalue weighted by molar-refractivity contribution is 0.0186. The third kappa shape index (κ3) is 4.55. The lowest BCUT2D eigenvalue weighted by atomic mass is 10.0. The largest absolute Gasteiger partial charge is 0.444 e. The molecule has 0 aliphatic heterocycles. The third-order valence-corrected chi connectivity index (χ3v) is 2.95. The summed E-state index contributed by atoms with van der Waals surface area (Å²) >= 11 is 0. The number of halogens is 1. The summed E-state index contributed by atoms with van der Waals surface area (Å²) in [5.41, 5.74) is -0.669. The van der Waals surface area contributed by atoms with E-state index in [2.05, 4.69) is 0 Å². The second kappa shape index (κ2) is 6.70. The summed E-state index contributed by atoms with van der Waals surface area (Å²) in [6.45, 7) is 8.87. The van der Waals surface area contributed by atoms with Gasteiger partial charge >= 0.3 is 6.09 Å². The van der Waals surface area contributed by atoms with Crippen molar-refractivity contribution in [2.45, 2.75) is 46.3 Å². The van der Waals surface area contributed by atoms with E-state index in [0.717, 1.165) is 0 Å². The van der Waals surface area contributed by atoms with Gasteiger partial charge in [0.1, 0.15) is 11.4 Å². The zero-order valence-corrected chi connectivity index (χ0v) is 13.1. The molecule has 1 amide bonds. The van der Waals surface area contributed by atoms with Crippen molar-refractivity contribution in [1.29, 1.82) is 0 Å². The van der Waals surface area contributed by atoms with Gasteiger partial charge in [0.05, 0.1) is 11.6 Å². The van der Waals surface area contributed by atoms with E-state index in [1.54, 1.807) is 40.7 Å². The highest BCUT2D eigenvalue weighted by Gasteiger charge is 2.30. The fourth-order valence-electron chi connectivity index (χ4n) is 1.91. The summed E-state index contributed by atoms with van der Waals surface area (Å²) in [7, 11) is 0. The average Bonchev–Trinajstić information content (AvgIpc) is 2.37. The summed E-state index contributed by atoms with van der Waals surface area (Å²) in [6, 6.07) is 4.96. The van der Waals surface area contributed by atoms with Gasteiger partial charge in [0, 0.05) is 6.54 Å². The van der Waals surface area contributed by atoms with Gasteiger partial charge in [0.25, 0.3) is 0 Å². The molecule has 5 heteroatoms. The number of carbonyl (C=O) groups is 2. The smallest absolute Gasteiger partial charge is 0.410 e. The Bertz CT molecular complexity index is 522. The van der Waals surface area contributed by atoms with Crippen LogP contribution < -0.4 is 0 Å². The number of likely N-dealkylation sites (N-methyl/N-ethyl adjacent to an activating group) is 1. The highest BCUT2D eigenvalue weighted by atomic mass is 19.1. The first-order valence-electron chi connectivity index (χ1n) is 6.95. The van der Waals surface area contributed by atoms with Crippen molar-refractivity contribution in [3.8, 4) is 0 Å². The number of hydrogen-bond donors (Lipinski definition) is 0. The van der Waals surface area contributed by atoms with Crippen molar-refractivity contribution < 1.29 is 18.7 Å². The third-order valence-electron chi connectivity index (χ3n) is 2.95. The Morgan fingerprint density at radius 3 is 2.33 bits per heavy atom. The van der Waals surface area contributed by atoms with Gasteiger partial charge < -0.3 is 4.74 Å². The molecule has 1 aromatic carbocycles. The molecule has 4 nitrogen and oxygen atoms in total. The van der Waals surface area contributed by atoms with Crippen LogP contribution in [0, 0.1) is 5.82 Å². The van der Waals surface area contributed by atoms with Crippen LogP contribution in [0.3, 0.4) is 0 Å². The summed E-state index contributed by atoms with van der Waals surface area (Å²) < 4.78 is 19.0. The minimum absolute atomic E-state index is 0.0213. The van der Waals surface area contributed by atoms with Gasteiger partial charge in [0.15, 0.2) is 5.78 Å². The number of amides is 1. The normalized spacial score (nSPS) is 12.7. The maximum absolute atomic E-state index is 13.7. The van der Waals surface area contributed by atoms with Gasteiger partial charge in [-0.2, -0.15) is 0 Å². The van der Waals surface area contributed by atoms with Gasteiger partial charge in [-0.1, -0.05) is 12.1 Å². The predicted octanol–water partition coefficient (Wildman–Crippen LogP) is 3.65. The Morgan fingerprint density at radius 2 is 1.86 bits per heavy atom. The van der Waals surface area contributed by atoms with Crippen molar-refractivity contribution in [2.75, 3.05) is 6.54 Å². The number of ketones is 1. The number of benzene rings is 1. The van der Waals surface area contributed by atoms with Crippen LogP contribution in [0.2, 0.25) is 0 Å². The summed E-state index contributed by atoms with van der Waals surface area (Å²) in [5, 5.41) is 0. The quantitative estimate of drug-likeness (QED) is 0.796. The Kier molecular flexibility index (Phi) is 5.47. The van der Waals surface area contributed by atoms with E-state index >= 15 is 0 Å². The standard InChI is InChI=1S/C16H22FNO3/c1-6-18(15(20)21-16(3,4)5)11(2)14(19)12-9-7-8-10-13(12)17/h7-11H,6H2,1-5H3. The zero-order valence-electron chi connectivity index (χ0n) is 13.1. The van der Waals surface area contributed by atoms with E-state index < -0.39 is 29.3 Å². The molecule has 0 saturated carbocycles. The first-order chi connectivity index (χ1) is 9.67. The van der Waals surface area contributed by atoms with Crippen molar-refractivity contribution >= 4 is 11.9 Å². The molecular formula is C16H22FNO3. The number of ether oxygens (including phenoxy) is 1. The van der Waals surface area contributed by atoms with Crippen LogP contribution in [0.15, 0.2) is 24.3 Å². The fraction of sp³-hybridized carbons (Fsp3) is 0.500. The summed E-state index contributed by atoms with van der Waals surface area (Å²) in [4.78, 5) is 25.7. The molecule has 0 aliphatic rings. The lowest BCUT2D eigenvalue weighted by Crippen LogP contribution is -2.45. The number of Topliss-reactive ketones (excluding diaryl/α,β-unsaturated/α-hetero) is 1. The monoisotopic (exact) mass is 295 g/mol. The van der Waals surface area contributed by atoms with E-state index in [-0.39, 0.29) is 5.56 Å². The van der Waals surface area contributed by atoms with Crippen LogP contribution in [-0.2, 0) is 4.74 Å². The first kappa shape index (κ1) is 17.1. The first-order valence-corrected chi connectivity index (χ1v) is 6.95. The van der Waals surface area contributed by atoms with Crippen LogP contribution in [-0.4, -0.2) is 35.0 Å². The highest BCUT2D eigenvalue weighted by molar-refractivity contribution is 6.01. The van der Waals surface area contributed by atoms with E-state index in [1.807, 2.05) is 0 Å². The highest BCUT2D eigenvalue weighted by Crippen LogP contribution is 2.16. The molecule has 0 fully saturated rings. The molecule has 1 aromatic rings. The Hall–Kier alpha value is -1.91. The molecule has 0 aromatic heterocycles. The van der Waals surface area contributed by atoms with Gasteiger partial charge in [-0.05, 0) is 46.8 Å². The summed E-state index contributed by atoms with van der Waals surface area (Å²) in [5.74, 6) is -1.03. The molecule has 1 unspecified atom stereocenters. The van der Waals surface area contributed by atoms with Crippen LogP contribution in [0.4, 0.5) is 9.18 Å². The van der Waals surface area contributed by atoms with E-state index in [0.29, 0.717) is 6.54 Å². The van der Waals surface area contributed by atoms with Gasteiger partial charge in [-0.3, -0.25) is 9.69 Å². The molecule has 0 radical (unpaired) electrons. The predicted molar refractivity (Wildman–Crippen MR) is 78.8 cm³/mol. The summed E-state index contributed by atoms with van der Waals surface area (Å²) in [6.07, 6.45) is -0.581. The molecule has 0 bridgehead atoms. The van der Waals surface area contributed by atoms with Crippen molar-refractivity contribution in [3.63, 3.8) is 0 Å². The van der Waals surface area contributed by atoms with Crippen molar-refractivity contribution in [2.24, 2.45) is 0 Å². The Labute approximate surface area is 124 Å². The minimum atomic E-state index is -0.790. The molecule has 21 heavy (non-hydrogen) atoms. The average molecular weight is 295 g/mol. The second-order valence-corrected chi connectivity index (χ2v) is 5.79. The Balaban J connectivity index is 2.93. The topological polar surface area (TPSA) is 46.6 Å². The second-order valence-electron chi connectivity index (χ2n) is 5.79. The van der Waals surface area contributed by atoms with E-state index in [4.69, 9.17) is 4.74 Å². The van der Waals surface area contributed by atoms with Crippen LogP contribution in [0.1, 0.15) is 45.0 Å². The van der Waals surface area contributed by atoms with Gasteiger partial charge in [0.2, 0.25) is 0 Å². The fourth-order valence-corrected chi connectivity index (χ4v) is 1.91. The molecule has 0 spiro atoms. The van der Waals surface area contributed by atoms with Crippen molar-refractivity contribution in [3.05, 3.63) is 35.6 Å². The lowest BCUT2D eigenvalue weighted by Gasteiger charge is -2.30. The number of carbonyl (C=O) groups excluding carboxylic acids is 2. The molecular weight excluding hydrogens is 273 g/mol. The maximum atomic E-state index is 13.7. The van der Waals surface area contributed by atoms with Crippen LogP contribution in [0.25, 0.3) is 0 Å². The van der Waals surface area contributed by atoms with E-state index in [1.165, 1.54) is 23.1 Å². The minimum Gasteiger partial charge on any atom is -0.444 e. The number of rotatable bonds is 4. The molecule has 0 saturated heterocycles. The molecule has 1 rings (SSSR count). The van der Waals surface area contributed by atoms with Gasteiger partial charge in [-0.25, -0.2) is 9.18 Å². The van der Waals surface area contributed by atoms with Crippen LogP contribution >= 0.6 is 0 Å². The molecule has 0 aliphatic carbocycles. The molecule has 1 atom stereocenters. The zero-order chi connectivity index (χ0) is 16.2. The SMILES string of the molecule is CCN(C(=O)OC(C)(C)C)C(C)C(=O)c1ccccc1F. The Morgan fingerprint density at radius 1 is 1.29 bits per heavy atom. The number of nitrogens with zero attached hydrogens (tertiary/aromatic N) is 1. The molecule has 0 heterocycles. The molecule has 0 N–H and O–H groups in total. The van der Waals surface area contributed by atoms with E-state index in [9.17, 15) is 14.0 Å². The maximum Gasteiger partial charge on any atom is 0.410 e. The van der Waals surface area contributed by atoms with Crippen molar-refractivity contribution in [1.82, 2.24) is 4.90 Å².